The first-order chi connectivity index (χ1) is 10.1. The zero-order valence-corrected chi connectivity index (χ0v) is 14.2. The summed E-state index contributed by atoms with van der Waals surface area (Å²) < 4.78 is 1.77. The van der Waals surface area contributed by atoms with E-state index in [1.807, 2.05) is 72.7 Å². The summed E-state index contributed by atoms with van der Waals surface area (Å²) in [5.74, 6) is 0. The first-order valence-corrected chi connectivity index (χ1v) is 7.70. The number of benzene rings is 1. The Morgan fingerprint density at radius 1 is 0.857 bits per heavy atom. The molecular formula is C18H26N2O. The minimum Gasteiger partial charge on any atom is -0.339 e. The first-order valence-electron chi connectivity index (χ1n) is 7.70. The molecule has 1 N–H and O–H groups in total. The van der Waals surface area contributed by atoms with Gasteiger partial charge in [0.25, 0.3) is 5.56 Å². The Hall–Kier alpha value is -2.03. The van der Waals surface area contributed by atoms with Crippen molar-refractivity contribution in [3.8, 4) is 0 Å². The number of imidazole rings is 1. The van der Waals surface area contributed by atoms with Crippen LogP contribution in [0.1, 0.15) is 44.4 Å². The molecule has 0 aliphatic heterocycles. The summed E-state index contributed by atoms with van der Waals surface area (Å²) in [4.78, 5) is 15.6. The van der Waals surface area contributed by atoms with Crippen LogP contribution in [0.15, 0.2) is 29.1 Å². The van der Waals surface area contributed by atoms with Crippen LogP contribution in [-0.4, -0.2) is 9.38 Å². The van der Waals surface area contributed by atoms with Gasteiger partial charge in [-0.05, 0) is 44.0 Å². The topological polar surface area (TPSA) is 37.3 Å². The van der Waals surface area contributed by atoms with Gasteiger partial charge in [-0.2, -0.15) is 0 Å². The van der Waals surface area contributed by atoms with E-state index in [9.17, 15) is 4.79 Å². The van der Waals surface area contributed by atoms with E-state index in [0.717, 1.165) is 33.4 Å². The highest BCUT2D eigenvalue weighted by atomic mass is 16.1. The number of para-hydroxylation sites is 2. The molecule has 0 radical (unpaired) electrons. The van der Waals surface area contributed by atoms with Crippen molar-refractivity contribution in [2.75, 3.05) is 0 Å². The molecule has 3 aromatic rings. The van der Waals surface area contributed by atoms with E-state index in [0.29, 0.717) is 0 Å². The lowest BCUT2D eigenvalue weighted by atomic mass is 10.1. The molecule has 1 aromatic carbocycles. The van der Waals surface area contributed by atoms with Crippen molar-refractivity contribution in [1.29, 1.82) is 0 Å². The normalized spacial score (nSPS) is 9.86. The van der Waals surface area contributed by atoms with Crippen LogP contribution in [0.5, 0.6) is 0 Å². The molecule has 3 nitrogen and oxygen atoms in total. The number of pyridine rings is 1. The average Bonchev–Trinajstić information content (AvgIpc) is 2.94. The van der Waals surface area contributed by atoms with Gasteiger partial charge < -0.3 is 4.98 Å². The van der Waals surface area contributed by atoms with Crippen molar-refractivity contribution in [3.63, 3.8) is 0 Å². The molecule has 0 unspecified atom stereocenters. The molecule has 0 saturated carbocycles. The second-order valence-electron chi connectivity index (χ2n) is 4.51. The molecule has 0 atom stereocenters. The lowest BCUT2D eigenvalue weighted by molar-refractivity contribution is 1.07. The molecule has 0 aliphatic rings. The maximum absolute atomic E-state index is 12.3. The summed E-state index contributed by atoms with van der Waals surface area (Å²) in [5.41, 5.74) is 5.95. The zero-order chi connectivity index (χ0) is 16.2. The number of hydrogen-bond acceptors (Lipinski definition) is 1. The highest BCUT2D eigenvalue weighted by Crippen LogP contribution is 2.20. The number of fused-ring (bicyclic) bond motifs is 3. The van der Waals surface area contributed by atoms with E-state index >= 15 is 0 Å². The molecule has 2 heterocycles. The third-order valence-electron chi connectivity index (χ3n) is 3.63. The van der Waals surface area contributed by atoms with Crippen molar-refractivity contribution >= 4 is 16.7 Å². The summed E-state index contributed by atoms with van der Waals surface area (Å²) >= 11 is 0. The average molecular weight is 286 g/mol. The third kappa shape index (κ3) is 2.73. The molecule has 0 amide bonds. The van der Waals surface area contributed by atoms with Crippen molar-refractivity contribution < 1.29 is 0 Å². The standard InChI is InChI=1S/C14H14N2O.2C2H6/c1-8-9(2)13-15-11-6-4-5-7-12(11)16(13)14(17)10(8)3;2*1-2/h4-7,15H,1-3H3;2*1-2H3. The van der Waals surface area contributed by atoms with Gasteiger partial charge in [-0.1, -0.05) is 39.8 Å². The van der Waals surface area contributed by atoms with Gasteiger partial charge in [-0.25, -0.2) is 0 Å². The number of H-pyrrole nitrogens is 1. The highest BCUT2D eigenvalue weighted by molar-refractivity contribution is 5.81. The Bertz CT molecular complexity index is 794. The van der Waals surface area contributed by atoms with Crippen molar-refractivity contribution in [1.82, 2.24) is 9.38 Å². The number of aromatic nitrogens is 2. The van der Waals surface area contributed by atoms with Crippen LogP contribution in [0.2, 0.25) is 0 Å². The Labute approximate surface area is 126 Å². The molecule has 0 bridgehead atoms. The van der Waals surface area contributed by atoms with Crippen molar-refractivity contribution in [2.45, 2.75) is 48.5 Å². The van der Waals surface area contributed by atoms with Crippen LogP contribution in [0.25, 0.3) is 16.7 Å². The van der Waals surface area contributed by atoms with Gasteiger partial charge in [-0.15, -0.1) is 0 Å². The first kappa shape index (κ1) is 17.0. The number of rotatable bonds is 0. The quantitative estimate of drug-likeness (QED) is 0.635. The Balaban J connectivity index is 0.000000510. The fraction of sp³-hybridized carbons (Fsp3) is 0.389. The van der Waals surface area contributed by atoms with Crippen LogP contribution >= 0.6 is 0 Å². The fourth-order valence-electron chi connectivity index (χ4n) is 2.34. The summed E-state index contributed by atoms with van der Waals surface area (Å²) in [5, 5.41) is 0. The highest BCUT2D eigenvalue weighted by Gasteiger charge is 2.12. The molecule has 21 heavy (non-hydrogen) atoms. The van der Waals surface area contributed by atoms with Gasteiger partial charge in [0.1, 0.15) is 5.65 Å². The largest absolute Gasteiger partial charge is 0.339 e. The van der Waals surface area contributed by atoms with E-state index in [1.165, 1.54) is 0 Å². The number of aromatic amines is 1. The smallest absolute Gasteiger partial charge is 0.259 e. The Morgan fingerprint density at radius 2 is 1.43 bits per heavy atom. The van der Waals surface area contributed by atoms with E-state index in [4.69, 9.17) is 0 Å². The summed E-state index contributed by atoms with van der Waals surface area (Å²) in [6, 6.07) is 7.88. The van der Waals surface area contributed by atoms with Crippen LogP contribution in [-0.2, 0) is 0 Å². The molecule has 114 valence electrons. The molecule has 0 spiro atoms. The molecule has 3 heteroatoms. The van der Waals surface area contributed by atoms with Crippen molar-refractivity contribution in [2.24, 2.45) is 0 Å². The predicted octanol–water partition coefficient (Wildman–Crippen LogP) is 4.76. The van der Waals surface area contributed by atoms with Gasteiger partial charge >= 0.3 is 0 Å². The van der Waals surface area contributed by atoms with E-state index in [1.54, 1.807) is 4.40 Å². The molecule has 3 rings (SSSR count). The van der Waals surface area contributed by atoms with E-state index in [-0.39, 0.29) is 5.56 Å². The number of nitrogens with one attached hydrogen (secondary N) is 1. The number of nitrogens with zero attached hydrogens (tertiary/aromatic N) is 1. The van der Waals surface area contributed by atoms with E-state index in [2.05, 4.69) is 4.98 Å². The lowest BCUT2D eigenvalue weighted by Crippen LogP contribution is -2.18. The van der Waals surface area contributed by atoms with Gasteiger partial charge in [-0.3, -0.25) is 9.20 Å². The molecule has 0 aliphatic carbocycles. The molecule has 0 saturated heterocycles. The second-order valence-corrected chi connectivity index (χ2v) is 4.51. The van der Waals surface area contributed by atoms with Gasteiger partial charge in [0.2, 0.25) is 0 Å². The summed E-state index contributed by atoms with van der Waals surface area (Å²) in [6.45, 7) is 13.9. The van der Waals surface area contributed by atoms with Crippen LogP contribution in [0.3, 0.4) is 0 Å². The molecule has 2 aromatic heterocycles. The van der Waals surface area contributed by atoms with Gasteiger partial charge in [0.15, 0.2) is 0 Å². The molecule has 0 fully saturated rings. The van der Waals surface area contributed by atoms with Crippen molar-refractivity contribution in [3.05, 3.63) is 51.3 Å². The number of aryl methyl sites for hydroxylation is 1. The predicted molar refractivity (Wildman–Crippen MR) is 92.4 cm³/mol. The lowest BCUT2D eigenvalue weighted by Gasteiger charge is -2.06. The molecular weight excluding hydrogens is 260 g/mol. The van der Waals surface area contributed by atoms with Crippen LogP contribution in [0.4, 0.5) is 0 Å². The fourth-order valence-corrected chi connectivity index (χ4v) is 2.34. The monoisotopic (exact) mass is 286 g/mol. The second kappa shape index (κ2) is 7.11. The van der Waals surface area contributed by atoms with Crippen LogP contribution in [0, 0.1) is 20.8 Å². The maximum Gasteiger partial charge on any atom is 0.259 e. The maximum atomic E-state index is 12.3. The Morgan fingerprint density at radius 3 is 2.05 bits per heavy atom. The summed E-state index contributed by atoms with van der Waals surface area (Å²) in [7, 11) is 0. The van der Waals surface area contributed by atoms with E-state index < -0.39 is 0 Å². The Kier molecular flexibility index (Phi) is 5.77. The SMILES string of the molecule is CC.CC.Cc1c(C)c(=O)n2c([nH]c3ccccc32)c1C. The van der Waals surface area contributed by atoms with Crippen LogP contribution < -0.4 is 5.56 Å². The minimum atomic E-state index is 0.0700. The number of hydrogen-bond donors (Lipinski definition) is 1. The zero-order valence-electron chi connectivity index (χ0n) is 14.2. The van der Waals surface area contributed by atoms with Gasteiger partial charge in [0, 0.05) is 5.56 Å². The van der Waals surface area contributed by atoms with Gasteiger partial charge in [0.05, 0.1) is 11.0 Å². The summed E-state index contributed by atoms with van der Waals surface area (Å²) in [6.07, 6.45) is 0. The third-order valence-corrected chi connectivity index (χ3v) is 3.63. The minimum absolute atomic E-state index is 0.0700.